The highest BCUT2D eigenvalue weighted by atomic mass is 16.4. The third-order valence-electron chi connectivity index (χ3n) is 2.56. The van der Waals surface area contributed by atoms with Crippen molar-refractivity contribution in [1.82, 2.24) is 9.97 Å². The van der Waals surface area contributed by atoms with Gasteiger partial charge >= 0.3 is 5.97 Å². The lowest BCUT2D eigenvalue weighted by Gasteiger charge is -2.20. The zero-order chi connectivity index (χ0) is 11.5. The summed E-state index contributed by atoms with van der Waals surface area (Å²) in [6.45, 7) is 0.776. The molecule has 1 atom stereocenters. The smallest absolute Gasteiger partial charge is 0.354 e. The first-order valence-electron chi connectivity index (χ1n) is 5.01. The molecule has 0 saturated carbocycles. The van der Waals surface area contributed by atoms with E-state index in [0.717, 1.165) is 19.4 Å². The second-order valence-electron chi connectivity index (χ2n) is 3.57. The summed E-state index contributed by atoms with van der Waals surface area (Å²) in [7, 11) is 0. The molecule has 82 valence electrons. The van der Waals surface area contributed by atoms with E-state index in [4.69, 9.17) is 11.5 Å². The number of carbonyl (C=O) groups is 1. The normalized spacial score (nSPS) is 19.4. The van der Waals surface area contributed by atoms with Gasteiger partial charge in [-0.05, 0) is 18.9 Å². The minimum atomic E-state index is -1.06. The van der Waals surface area contributed by atoms with Gasteiger partial charge in [-0.25, -0.2) is 14.8 Å². The van der Waals surface area contributed by atoms with Crippen molar-refractivity contribution in [3.05, 3.63) is 18.0 Å². The summed E-state index contributed by atoms with van der Waals surface area (Å²) in [4.78, 5) is 20.7. The molecule has 1 aromatic heterocycles. The van der Waals surface area contributed by atoms with Crippen LogP contribution in [0, 0.1) is 12.3 Å². The highest BCUT2D eigenvalue weighted by Gasteiger charge is 2.25. The molecule has 0 spiro atoms. The lowest BCUT2D eigenvalue weighted by Crippen LogP contribution is -2.29. The summed E-state index contributed by atoms with van der Waals surface area (Å²) >= 11 is 0. The maximum atomic E-state index is 10.8. The monoisotopic (exact) mass is 217 g/mol. The van der Waals surface area contributed by atoms with E-state index in [1.807, 2.05) is 4.90 Å². The Morgan fingerprint density at radius 1 is 1.69 bits per heavy atom. The Hall–Kier alpha value is -2.09. The SMILES string of the molecule is C#CC1CCCN1c1nccc(C(=O)O)n1. The van der Waals surface area contributed by atoms with E-state index < -0.39 is 5.97 Å². The van der Waals surface area contributed by atoms with E-state index in [0.29, 0.717) is 5.95 Å². The quantitative estimate of drug-likeness (QED) is 0.741. The van der Waals surface area contributed by atoms with Crippen LogP contribution < -0.4 is 4.90 Å². The fourth-order valence-corrected chi connectivity index (χ4v) is 1.79. The van der Waals surface area contributed by atoms with Crippen molar-refractivity contribution in [3.63, 3.8) is 0 Å². The molecule has 2 heterocycles. The standard InChI is InChI=1S/C11H11N3O2/c1-2-8-4-3-7-14(8)11-12-6-5-9(13-11)10(15)16/h1,5-6,8H,3-4,7H2,(H,15,16). The molecular weight excluding hydrogens is 206 g/mol. The number of carboxylic acids is 1. The third kappa shape index (κ3) is 1.82. The Morgan fingerprint density at radius 2 is 2.50 bits per heavy atom. The van der Waals surface area contributed by atoms with Crippen LogP contribution in [0.25, 0.3) is 0 Å². The number of anilines is 1. The Labute approximate surface area is 93.1 Å². The third-order valence-corrected chi connectivity index (χ3v) is 2.56. The Kier molecular flexibility index (Phi) is 2.73. The molecule has 16 heavy (non-hydrogen) atoms. The van der Waals surface area contributed by atoms with Crippen molar-refractivity contribution in [2.45, 2.75) is 18.9 Å². The number of aromatic nitrogens is 2. The first-order valence-corrected chi connectivity index (χ1v) is 5.01. The highest BCUT2D eigenvalue weighted by Crippen LogP contribution is 2.21. The van der Waals surface area contributed by atoms with Crippen LogP contribution in [-0.2, 0) is 0 Å². The Balaban J connectivity index is 2.30. The summed E-state index contributed by atoms with van der Waals surface area (Å²) < 4.78 is 0. The maximum Gasteiger partial charge on any atom is 0.354 e. The van der Waals surface area contributed by atoms with Gasteiger partial charge in [-0.3, -0.25) is 0 Å². The molecule has 0 aliphatic carbocycles. The van der Waals surface area contributed by atoms with Gasteiger partial charge in [0.2, 0.25) is 5.95 Å². The van der Waals surface area contributed by atoms with Crippen molar-refractivity contribution < 1.29 is 9.90 Å². The molecule has 2 rings (SSSR count). The van der Waals surface area contributed by atoms with Crippen molar-refractivity contribution in [3.8, 4) is 12.3 Å². The second kappa shape index (κ2) is 4.19. The number of aromatic carboxylic acids is 1. The van der Waals surface area contributed by atoms with E-state index in [2.05, 4.69) is 15.9 Å². The predicted octanol–water partition coefficient (Wildman–Crippen LogP) is 0.777. The van der Waals surface area contributed by atoms with E-state index in [1.54, 1.807) is 0 Å². The number of rotatable bonds is 2. The first-order chi connectivity index (χ1) is 7.72. The van der Waals surface area contributed by atoms with Crippen molar-refractivity contribution in [1.29, 1.82) is 0 Å². The number of carboxylic acid groups (broad SMARTS) is 1. The molecule has 5 heteroatoms. The number of terminal acetylenes is 1. The largest absolute Gasteiger partial charge is 0.477 e. The minimum absolute atomic E-state index is 0.00679. The topological polar surface area (TPSA) is 66.3 Å². The zero-order valence-electron chi connectivity index (χ0n) is 8.63. The first kappa shape index (κ1) is 10.4. The molecule has 1 aliphatic rings. The van der Waals surface area contributed by atoms with E-state index in [9.17, 15) is 4.79 Å². The van der Waals surface area contributed by atoms with E-state index in [1.165, 1.54) is 12.3 Å². The van der Waals surface area contributed by atoms with Gasteiger partial charge in [0.25, 0.3) is 0 Å². The Bertz CT molecular complexity index is 453. The van der Waals surface area contributed by atoms with Gasteiger partial charge in [-0.1, -0.05) is 5.92 Å². The molecule has 0 amide bonds. The number of hydrogen-bond acceptors (Lipinski definition) is 4. The van der Waals surface area contributed by atoms with Crippen LogP contribution in [-0.4, -0.2) is 33.6 Å². The summed E-state index contributed by atoms with van der Waals surface area (Å²) in [6, 6.07) is 1.34. The van der Waals surface area contributed by atoms with E-state index in [-0.39, 0.29) is 11.7 Å². The molecular formula is C11H11N3O2. The van der Waals surface area contributed by atoms with Crippen LogP contribution in [0.3, 0.4) is 0 Å². The van der Waals surface area contributed by atoms with Crippen LogP contribution in [0.15, 0.2) is 12.3 Å². The van der Waals surface area contributed by atoms with Crippen LogP contribution in [0.5, 0.6) is 0 Å². The van der Waals surface area contributed by atoms with E-state index >= 15 is 0 Å². The van der Waals surface area contributed by atoms with Gasteiger partial charge in [-0.15, -0.1) is 6.42 Å². The fourth-order valence-electron chi connectivity index (χ4n) is 1.79. The molecule has 1 aliphatic heterocycles. The lowest BCUT2D eigenvalue weighted by molar-refractivity contribution is 0.0690. The lowest BCUT2D eigenvalue weighted by atomic mass is 10.2. The van der Waals surface area contributed by atoms with Gasteiger partial charge in [0.15, 0.2) is 5.69 Å². The molecule has 0 aromatic carbocycles. The van der Waals surface area contributed by atoms with Crippen LogP contribution in [0.4, 0.5) is 5.95 Å². The van der Waals surface area contributed by atoms with Gasteiger partial charge in [0.1, 0.15) is 0 Å². The minimum Gasteiger partial charge on any atom is -0.477 e. The number of hydrogen-bond donors (Lipinski definition) is 1. The summed E-state index contributed by atoms with van der Waals surface area (Å²) in [5.74, 6) is 2.01. The summed E-state index contributed by atoms with van der Waals surface area (Å²) in [6.07, 6.45) is 8.72. The second-order valence-corrected chi connectivity index (χ2v) is 3.57. The van der Waals surface area contributed by atoms with Crippen molar-refractivity contribution in [2.75, 3.05) is 11.4 Å². The van der Waals surface area contributed by atoms with Crippen molar-refractivity contribution >= 4 is 11.9 Å². The van der Waals surface area contributed by atoms with Gasteiger partial charge in [-0.2, -0.15) is 0 Å². The molecule has 5 nitrogen and oxygen atoms in total. The molecule has 1 aromatic rings. The molecule has 1 fully saturated rings. The van der Waals surface area contributed by atoms with Gasteiger partial charge in [0, 0.05) is 12.7 Å². The molecule has 0 radical (unpaired) electrons. The van der Waals surface area contributed by atoms with Crippen LogP contribution >= 0.6 is 0 Å². The average molecular weight is 217 g/mol. The van der Waals surface area contributed by atoms with Gasteiger partial charge < -0.3 is 10.0 Å². The maximum absolute atomic E-state index is 10.8. The molecule has 1 saturated heterocycles. The van der Waals surface area contributed by atoms with Crippen molar-refractivity contribution in [2.24, 2.45) is 0 Å². The molecule has 0 bridgehead atoms. The van der Waals surface area contributed by atoms with Crippen LogP contribution in [0.2, 0.25) is 0 Å². The fraction of sp³-hybridized carbons (Fsp3) is 0.364. The summed E-state index contributed by atoms with van der Waals surface area (Å²) in [5.41, 5.74) is -0.00679. The summed E-state index contributed by atoms with van der Waals surface area (Å²) in [5, 5.41) is 8.83. The van der Waals surface area contributed by atoms with Gasteiger partial charge in [0.05, 0.1) is 6.04 Å². The zero-order valence-corrected chi connectivity index (χ0v) is 8.63. The predicted molar refractivity (Wildman–Crippen MR) is 58.2 cm³/mol. The Morgan fingerprint density at radius 3 is 3.19 bits per heavy atom. The van der Waals surface area contributed by atoms with Crippen LogP contribution in [0.1, 0.15) is 23.3 Å². The average Bonchev–Trinajstić information content (AvgIpc) is 2.77. The molecule has 1 N–H and O–H groups in total. The highest BCUT2D eigenvalue weighted by molar-refractivity contribution is 5.85. The number of nitrogens with zero attached hydrogens (tertiary/aromatic N) is 3. The molecule has 1 unspecified atom stereocenters.